The zero-order valence-corrected chi connectivity index (χ0v) is 18.5. The zero-order valence-electron chi connectivity index (χ0n) is 16.2. The summed E-state index contributed by atoms with van der Waals surface area (Å²) in [5.41, 5.74) is 0.171. The number of hydrogen-bond acceptors (Lipinski definition) is 3. The van der Waals surface area contributed by atoms with E-state index in [-0.39, 0.29) is 29.4 Å². The molecule has 0 radical (unpaired) electrons. The fourth-order valence-corrected chi connectivity index (χ4v) is 4.48. The Morgan fingerprint density at radius 1 is 1.20 bits per heavy atom. The summed E-state index contributed by atoms with van der Waals surface area (Å²) in [4.78, 5) is 4.91. The maximum absolute atomic E-state index is 6.09. The Labute approximate surface area is 170 Å². The molecule has 3 heterocycles. The minimum atomic E-state index is 0. The Bertz CT molecular complexity index is 452. The zero-order chi connectivity index (χ0) is 17.2. The number of hydrogen-bond donors (Lipinski definition) is 2. The minimum Gasteiger partial charge on any atom is -0.377 e. The molecule has 6 heteroatoms. The van der Waals surface area contributed by atoms with Crippen molar-refractivity contribution >= 4 is 29.9 Å². The van der Waals surface area contributed by atoms with Gasteiger partial charge in [-0.25, -0.2) is 0 Å². The summed E-state index contributed by atoms with van der Waals surface area (Å²) in [6.07, 6.45) is 7.02. The highest BCUT2D eigenvalue weighted by molar-refractivity contribution is 14.0. The van der Waals surface area contributed by atoms with Crippen LogP contribution in [-0.2, 0) is 9.47 Å². The maximum atomic E-state index is 6.09. The lowest BCUT2D eigenvalue weighted by molar-refractivity contribution is -0.0823. The van der Waals surface area contributed by atoms with Gasteiger partial charge in [0.2, 0.25) is 0 Å². The molecule has 2 N–H and O–H groups in total. The van der Waals surface area contributed by atoms with Crippen molar-refractivity contribution < 1.29 is 9.47 Å². The number of fused-ring (bicyclic) bond motifs is 2. The van der Waals surface area contributed by atoms with Crippen LogP contribution in [0.3, 0.4) is 0 Å². The van der Waals surface area contributed by atoms with E-state index in [1.807, 2.05) is 0 Å². The van der Waals surface area contributed by atoms with Crippen molar-refractivity contribution in [2.75, 3.05) is 19.7 Å². The van der Waals surface area contributed by atoms with Crippen molar-refractivity contribution in [2.24, 2.45) is 16.3 Å². The van der Waals surface area contributed by atoms with Crippen molar-refractivity contribution in [3.8, 4) is 0 Å². The molecule has 3 aliphatic heterocycles. The van der Waals surface area contributed by atoms with Gasteiger partial charge in [0.25, 0.3) is 0 Å². The van der Waals surface area contributed by atoms with Gasteiger partial charge >= 0.3 is 0 Å². The summed E-state index contributed by atoms with van der Waals surface area (Å²) in [7, 11) is 0. The van der Waals surface area contributed by atoms with Gasteiger partial charge in [-0.15, -0.1) is 24.0 Å². The molecule has 5 unspecified atom stereocenters. The predicted octanol–water partition coefficient (Wildman–Crippen LogP) is 3.32. The molecular formula is C19H36IN3O2. The number of nitrogens with one attached hydrogen (secondary N) is 2. The van der Waals surface area contributed by atoms with E-state index in [0.29, 0.717) is 30.3 Å². The summed E-state index contributed by atoms with van der Waals surface area (Å²) in [5, 5.41) is 7.02. The molecule has 3 fully saturated rings. The SMILES string of the molecule is CCNC(=NCC1CCCOC1C(C)(C)C)NC1CC2CCC1O2.I. The highest BCUT2D eigenvalue weighted by Gasteiger charge is 2.41. The van der Waals surface area contributed by atoms with E-state index < -0.39 is 0 Å². The monoisotopic (exact) mass is 465 g/mol. The van der Waals surface area contributed by atoms with Gasteiger partial charge in [-0.3, -0.25) is 4.99 Å². The van der Waals surface area contributed by atoms with Gasteiger partial charge < -0.3 is 20.1 Å². The van der Waals surface area contributed by atoms with Gasteiger partial charge in [0.1, 0.15) is 0 Å². The lowest BCUT2D eigenvalue weighted by Gasteiger charge is -2.39. The number of rotatable bonds is 4. The third-order valence-corrected chi connectivity index (χ3v) is 5.55. The van der Waals surface area contributed by atoms with Gasteiger partial charge in [0, 0.05) is 25.6 Å². The molecule has 0 aromatic carbocycles. The first kappa shape index (κ1) is 21.2. The predicted molar refractivity (Wildman–Crippen MR) is 113 cm³/mol. The summed E-state index contributed by atoms with van der Waals surface area (Å²) < 4.78 is 12.0. The highest BCUT2D eigenvalue weighted by atomic mass is 127. The Morgan fingerprint density at radius 2 is 2.00 bits per heavy atom. The fourth-order valence-electron chi connectivity index (χ4n) is 4.48. The lowest BCUT2D eigenvalue weighted by Crippen LogP contribution is -2.48. The average molecular weight is 465 g/mol. The molecule has 0 aromatic rings. The summed E-state index contributed by atoms with van der Waals surface area (Å²) in [5.74, 6) is 1.45. The molecule has 0 aromatic heterocycles. The summed E-state index contributed by atoms with van der Waals surface area (Å²) in [6.45, 7) is 11.6. The molecule has 3 aliphatic rings. The third kappa shape index (κ3) is 5.45. The van der Waals surface area contributed by atoms with Crippen molar-refractivity contribution in [3.05, 3.63) is 0 Å². The quantitative estimate of drug-likeness (QED) is 0.380. The van der Waals surface area contributed by atoms with Crippen LogP contribution < -0.4 is 10.6 Å². The van der Waals surface area contributed by atoms with E-state index in [0.717, 1.165) is 38.5 Å². The standard InChI is InChI=1S/C19H35N3O2.HI/c1-5-20-18(22-15-11-14-8-9-16(15)24-14)21-12-13-7-6-10-23-17(13)19(2,3)4;/h13-17H,5-12H2,1-4H3,(H2,20,21,22);1H. The van der Waals surface area contributed by atoms with Crippen LogP contribution in [0.2, 0.25) is 0 Å². The van der Waals surface area contributed by atoms with Crippen molar-refractivity contribution in [3.63, 3.8) is 0 Å². The maximum Gasteiger partial charge on any atom is 0.191 e. The fraction of sp³-hybridized carbons (Fsp3) is 0.947. The highest BCUT2D eigenvalue weighted by Crippen LogP contribution is 2.35. The van der Waals surface area contributed by atoms with Crippen LogP contribution in [0.25, 0.3) is 0 Å². The molecule has 5 nitrogen and oxygen atoms in total. The lowest BCUT2D eigenvalue weighted by atomic mass is 9.78. The van der Waals surface area contributed by atoms with Crippen LogP contribution in [0.4, 0.5) is 0 Å². The number of ether oxygens (including phenoxy) is 2. The normalized spacial score (nSPS) is 35.4. The molecule has 0 aliphatic carbocycles. The number of aliphatic imine (C=N–C) groups is 1. The Balaban J connectivity index is 0.00000225. The first-order valence-electron chi connectivity index (χ1n) is 9.79. The topological polar surface area (TPSA) is 54.9 Å². The summed E-state index contributed by atoms with van der Waals surface area (Å²) >= 11 is 0. The smallest absolute Gasteiger partial charge is 0.191 e. The van der Waals surface area contributed by atoms with Crippen LogP contribution in [0.1, 0.15) is 59.8 Å². The second kappa shape index (κ2) is 9.22. The first-order valence-corrected chi connectivity index (χ1v) is 9.79. The molecule has 146 valence electrons. The van der Waals surface area contributed by atoms with Crippen molar-refractivity contribution in [1.29, 1.82) is 0 Å². The Kier molecular flexibility index (Phi) is 7.83. The average Bonchev–Trinajstić information content (AvgIpc) is 3.15. The van der Waals surface area contributed by atoms with Crippen molar-refractivity contribution in [2.45, 2.75) is 84.2 Å². The molecule has 3 saturated heterocycles. The van der Waals surface area contributed by atoms with Gasteiger partial charge in [-0.05, 0) is 44.4 Å². The van der Waals surface area contributed by atoms with Crippen LogP contribution in [0, 0.1) is 11.3 Å². The van der Waals surface area contributed by atoms with Gasteiger partial charge in [-0.2, -0.15) is 0 Å². The van der Waals surface area contributed by atoms with E-state index in [1.165, 1.54) is 19.3 Å². The molecular weight excluding hydrogens is 429 g/mol. The minimum absolute atomic E-state index is 0. The van der Waals surface area contributed by atoms with E-state index in [9.17, 15) is 0 Å². The Morgan fingerprint density at radius 3 is 2.60 bits per heavy atom. The van der Waals surface area contributed by atoms with E-state index in [1.54, 1.807) is 0 Å². The van der Waals surface area contributed by atoms with Crippen LogP contribution in [0.5, 0.6) is 0 Å². The molecule has 0 saturated carbocycles. The first-order chi connectivity index (χ1) is 11.5. The van der Waals surface area contributed by atoms with E-state index >= 15 is 0 Å². The van der Waals surface area contributed by atoms with Gasteiger partial charge in [0.15, 0.2) is 5.96 Å². The second-order valence-electron chi connectivity index (χ2n) is 8.64. The van der Waals surface area contributed by atoms with E-state index in [2.05, 4.69) is 38.3 Å². The number of nitrogens with zero attached hydrogens (tertiary/aromatic N) is 1. The van der Waals surface area contributed by atoms with Gasteiger partial charge in [0.05, 0.1) is 24.4 Å². The van der Waals surface area contributed by atoms with Crippen LogP contribution in [0.15, 0.2) is 4.99 Å². The largest absolute Gasteiger partial charge is 0.377 e. The van der Waals surface area contributed by atoms with Gasteiger partial charge in [-0.1, -0.05) is 20.8 Å². The van der Waals surface area contributed by atoms with E-state index in [4.69, 9.17) is 14.5 Å². The third-order valence-electron chi connectivity index (χ3n) is 5.55. The number of halogens is 1. The van der Waals surface area contributed by atoms with Crippen molar-refractivity contribution in [1.82, 2.24) is 10.6 Å². The molecule has 2 bridgehead atoms. The Hall–Kier alpha value is -0.0800. The molecule has 0 amide bonds. The molecule has 0 spiro atoms. The second-order valence-corrected chi connectivity index (χ2v) is 8.64. The number of guanidine groups is 1. The molecule has 3 rings (SSSR count). The summed E-state index contributed by atoms with van der Waals surface area (Å²) in [6, 6.07) is 0.419. The molecule has 25 heavy (non-hydrogen) atoms. The van der Waals surface area contributed by atoms with Crippen LogP contribution in [-0.4, -0.2) is 50.0 Å². The molecule has 5 atom stereocenters. The van der Waals surface area contributed by atoms with Crippen LogP contribution >= 0.6 is 24.0 Å².